The Labute approximate surface area is 484 Å². The highest BCUT2D eigenvalue weighted by Crippen LogP contribution is 2.12. The van der Waals surface area contributed by atoms with Crippen LogP contribution in [0.1, 0.15) is 226 Å². The predicted octanol–water partition coefficient (Wildman–Crippen LogP) is 21.4. The second-order valence-electron chi connectivity index (χ2n) is 19.5. The fourth-order valence-corrected chi connectivity index (χ4v) is 7.53. The van der Waals surface area contributed by atoms with E-state index in [0.717, 1.165) is 148 Å². The second kappa shape index (κ2) is 64.8. The molecule has 0 bridgehead atoms. The van der Waals surface area contributed by atoms with Gasteiger partial charge in [0.05, 0.1) is 0 Å². The second-order valence-corrected chi connectivity index (χ2v) is 19.5. The average Bonchev–Trinajstić information content (AvgIpc) is 3.45. The first-order chi connectivity index (χ1) is 39.0. The van der Waals surface area contributed by atoms with Gasteiger partial charge in [0.1, 0.15) is 13.2 Å². The first-order valence-electron chi connectivity index (χ1n) is 30.9. The third-order valence-corrected chi connectivity index (χ3v) is 12.1. The normalized spacial score (nSPS) is 13.5. The van der Waals surface area contributed by atoms with Gasteiger partial charge in [-0.15, -0.1) is 0 Å². The van der Waals surface area contributed by atoms with E-state index in [0.29, 0.717) is 19.3 Å². The highest BCUT2D eigenvalue weighted by molar-refractivity contribution is 5.71. The van der Waals surface area contributed by atoms with E-state index in [1.165, 1.54) is 25.7 Å². The number of allylic oxidation sites excluding steroid dienone is 32. The van der Waals surface area contributed by atoms with Gasteiger partial charge in [-0.05, 0) is 148 Å². The van der Waals surface area contributed by atoms with Crippen LogP contribution >= 0.6 is 0 Å². The summed E-state index contributed by atoms with van der Waals surface area (Å²) < 4.78 is 16.7. The summed E-state index contributed by atoms with van der Waals surface area (Å²) in [7, 11) is 0. The van der Waals surface area contributed by atoms with Crippen molar-refractivity contribution in [3.63, 3.8) is 0 Å². The zero-order valence-corrected chi connectivity index (χ0v) is 50.0. The van der Waals surface area contributed by atoms with Crippen LogP contribution in [0.15, 0.2) is 194 Å². The van der Waals surface area contributed by atoms with Gasteiger partial charge < -0.3 is 14.2 Å². The molecular formula is C73H110O6. The Kier molecular flexibility index (Phi) is 60.1. The maximum Gasteiger partial charge on any atom is 0.306 e. The van der Waals surface area contributed by atoms with E-state index in [1.807, 2.05) is 0 Å². The van der Waals surface area contributed by atoms with Gasteiger partial charge in [0.25, 0.3) is 0 Å². The molecule has 0 aliphatic carbocycles. The molecule has 0 aromatic rings. The lowest BCUT2D eigenvalue weighted by atomic mass is 10.1. The van der Waals surface area contributed by atoms with Crippen LogP contribution < -0.4 is 0 Å². The Morgan fingerprint density at radius 3 is 0.772 bits per heavy atom. The van der Waals surface area contributed by atoms with Crippen LogP contribution in [-0.2, 0) is 28.6 Å². The fourth-order valence-electron chi connectivity index (χ4n) is 7.53. The number of unbranched alkanes of at least 4 members (excludes halogenated alkanes) is 10. The Hall–Kier alpha value is -5.75. The molecule has 0 aromatic carbocycles. The summed E-state index contributed by atoms with van der Waals surface area (Å²) in [5, 5.41) is 0. The maximum absolute atomic E-state index is 12.8. The van der Waals surface area contributed by atoms with E-state index in [4.69, 9.17) is 14.2 Å². The van der Waals surface area contributed by atoms with Crippen molar-refractivity contribution in [1.82, 2.24) is 0 Å². The van der Waals surface area contributed by atoms with Crippen LogP contribution in [0.5, 0.6) is 0 Å². The quantitative estimate of drug-likeness (QED) is 0.0261. The summed E-state index contributed by atoms with van der Waals surface area (Å²) in [5.41, 5.74) is 0. The Balaban J connectivity index is 4.40. The van der Waals surface area contributed by atoms with Crippen LogP contribution in [0, 0.1) is 0 Å². The number of hydrogen-bond acceptors (Lipinski definition) is 6. The monoisotopic (exact) mass is 1080 g/mol. The molecule has 0 saturated carbocycles. The summed E-state index contributed by atoms with van der Waals surface area (Å²) in [5.74, 6) is -1.03. The van der Waals surface area contributed by atoms with E-state index in [2.05, 4.69) is 215 Å². The molecule has 0 fully saturated rings. The standard InChI is InChI=1S/C73H110O6/c1-4-7-10-13-16-18-20-22-24-26-28-30-32-34-36-38-40-42-44-46-48-50-52-54-57-60-63-66-72(75)78-69-70(68-77-71(74)65-62-59-56-15-12-9-6-3)79-73(76)67-64-61-58-55-53-51-49-47-45-43-41-39-37-35-33-31-29-27-25-23-21-19-17-14-11-8-5-2/h7-8,10-11,16-19,22-25,28-31,34-37,40-43,46-49,52-55,70H,4-6,9,12-15,20-21,26-27,32-33,38-39,44-45,50-51,56-69H2,1-3H3/b10-7-,11-8-,18-16-,19-17-,24-22-,25-23-,30-28-,31-29-,36-34-,37-35-,42-40-,43-41-,48-46-,49-47-,54-52-,55-53-. The minimum atomic E-state index is -0.829. The van der Waals surface area contributed by atoms with Crippen molar-refractivity contribution in [2.24, 2.45) is 0 Å². The molecule has 0 radical (unpaired) electrons. The van der Waals surface area contributed by atoms with Crippen LogP contribution in [0.3, 0.4) is 0 Å². The number of ether oxygens (including phenoxy) is 3. The van der Waals surface area contributed by atoms with Crippen molar-refractivity contribution >= 4 is 17.9 Å². The van der Waals surface area contributed by atoms with Crippen LogP contribution in [0.2, 0.25) is 0 Å². The van der Waals surface area contributed by atoms with Gasteiger partial charge in [-0.3, -0.25) is 14.4 Å². The Bertz CT molecular complexity index is 1920. The van der Waals surface area contributed by atoms with Crippen molar-refractivity contribution in [2.75, 3.05) is 13.2 Å². The minimum absolute atomic E-state index is 0.120. The fraction of sp³-hybridized carbons (Fsp3) is 0.521. The molecule has 1 unspecified atom stereocenters. The van der Waals surface area contributed by atoms with Gasteiger partial charge in [0.15, 0.2) is 6.10 Å². The maximum atomic E-state index is 12.8. The van der Waals surface area contributed by atoms with Crippen molar-refractivity contribution in [3.05, 3.63) is 194 Å². The van der Waals surface area contributed by atoms with E-state index < -0.39 is 6.10 Å². The highest BCUT2D eigenvalue weighted by atomic mass is 16.6. The van der Waals surface area contributed by atoms with Crippen LogP contribution in [0.25, 0.3) is 0 Å². The molecule has 438 valence electrons. The molecular weight excluding hydrogens is 973 g/mol. The smallest absolute Gasteiger partial charge is 0.306 e. The van der Waals surface area contributed by atoms with Crippen molar-refractivity contribution in [1.29, 1.82) is 0 Å². The third kappa shape index (κ3) is 63.0. The van der Waals surface area contributed by atoms with Crippen molar-refractivity contribution < 1.29 is 28.6 Å². The summed E-state index contributed by atoms with van der Waals surface area (Å²) in [4.78, 5) is 38.0. The lowest BCUT2D eigenvalue weighted by Crippen LogP contribution is -2.30. The first kappa shape index (κ1) is 73.2. The number of rotatable bonds is 53. The summed E-state index contributed by atoms with van der Waals surface area (Å²) in [6, 6.07) is 0. The van der Waals surface area contributed by atoms with Crippen molar-refractivity contribution in [2.45, 2.75) is 232 Å². The molecule has 0 heterocycles. The number of carbonyl (C=O) groups excluding carboxylic acids is 3. The topological polar surface area (TPSA) is 78.9 Å². The molecule has 0 amide bonds. The molecule has 0 N–H and O–H groups in total. The summed E-state index contributed by atoms with van der Waals surface area (Å²) in [6.45, 7) is 6.27. The van der Waals surface area contributed by atoms with E-state index in [9.17, 15) is 14.4 Å². The molecule has 0 saturated heterocycles. The molecule has 0 aromatic heterocycles. The molecule has 0 aliphatic heterocycles. The molecule has 0 rings (SSSR count). The van der Waals surface area contributed by atoms with Gasteiger partial charge in [-0.1, -0.05) is 254 Å². The van der Waals surface area contributed by atoms with Gasteiger partial charge in [-0.25, -0.2) is 0 Å². The van der Waals surface area contributed by atoms with E-state index in [1.54, 1.807) is 0 Å². The summed E-state index contributed by atoms with van der Waals surface area (Å²) in [6.07, 6.45) is 98.8. The van der Waals surface area contributed by atoms with E-state index in [-0.39, 0.29) is 44.0 Å². The van der Waals surface area contributed by atoms with Crippen LogP contribution in [0.4, 0.5) is 0 Å². The lowest BCUT2D eigenvalue weighted by Gasteiger charge is -2.18. The zero-order valence-electron chi connectivity index (χ0n) is 50.0. The predicted molar refractivity (Wildman–Crippen MR) is 343 cm³/mol. The number of esters is 3. The van der Waals surface area contributed by atoms with Crippen LogP contribution in [-0.4, -0.2) is 37.2 Å². The van der Waals surface area contributed by atoms with Gasteiger partial charge in [-0.2, -0.15) is 0 Å². The largest absolute Gasteiger partial charge is 0.462 e. The molecule has 0 spiro atoms. The molecule has 0 aliphatic rings. The highest BCUT2D eigenvalue weighted by Gasteiger charge is 2.19. The number of hydrogen-bond donors (Lipinski definition) is 0. The Morgan fingerprint density at radius 2 is 0.494 bits per heavy atom. The first-order valence-corrected chi connectivity index (χ1v) is 30.9. The van der Waals surface area contributed by atoms with Gasteiger partial charge in [0.2, 0.25) is 0 Å². The zero-order chi connectivity index (χ0) is 57.1. The van der Waals surface area contributed by atoms with Gasteiger partial charge >= 0.3 is 17.9 Å². The average molecular weight is 1080 g/mol. The lowest BCUT2D eigenvalue weighted by molar-refractivity contribution is -0.167. The molecule has 1 atom stereocenters. The molecule has 6 heteroatoms. The van der Waals surface area contributed by atoms with Crippen molar-refractivity contribution in [3.8, 4) is 0 Å². The van der Waals surface area contributed by atoms with E-state index >= 15 is 0 Å². The summed E-state index contributed by atoms with van der Waals surface area (Å²) >= 11 is 0. The van der Waals surface area contributed by atoms with Gasteiger partial charge in [0, 0.05) is 19.3 Å². The minimum Gasteiger partial charge on any atom is -0.462 e. The SMILES string of the molecule is CC/C=C\C/C=C\C/C=C\C/C=C\C/C=C\C/C=C\C/C=C\C/C=C\CCCCC(=O)OCC(COC(=O)CCCCCCCCC)OC(=O)CCCC/C=C\C/C=C\C/C=C\C/C=C\C/C=C\C/C=C\C/C=C\C/C=C\CC. The number of carbonyl (C=O) groups is 3. The molecule has 79 heavy (non-hydrogen) atoms. The molecule has 6 nitrogen and oxygen atoms in total. The third-order valence-electron chi connectivity index (χ3n) is 12.1. The Morgan fingerprint density at radius 1 is 0.266 bits per heavy atom.